The van der Waals surface area contributed by atoms with Crippen molar-refractivity contribution in [2.45, 2.75) is 0 Å². The average molecular weight is 631 g/mol. The fourth-order valence-corrected chi connectivity index (χ4v) is 8.23. The molecule has 0 saturated carbocycles. The van der Waals surface area contributed by atoms with Gasteiger partial charge < -0.3 is 4.42 Å². The van der Waals surface area contributed by atoms with Crippen LogP contribution in [-0.2, 0) is 0 Å². The third kappa shape index (κ3) is 4.20. The number of hydrogen-bond acceptors (Lipinski definition) is 4. The number of fused-ring (bicyclic) bond motifs is 8. The van der Waals surface area contributed by atoms with Crippen LogP contribution in [0.25, 0.3) is 97.9 Å². The second-order valence-electron chi connectivity index (χ2n) is 12.1. The van der Waals surface area contributed by atoms with E-state index in [2.05, 4.69) is 158 Å². The van der Waals surface area contributed by atoms with E-state index >= 15 is 0 Å². The minimum Gasteiger partial charge on any atom is -0.455 e. The van der Waals surface area contributed by atoms with Crippen LogP contribution in [-0.4, -0.2) is 9.97 Å². The molecular weight excluding hydrogens is 605 g/mol. The summed E-state index contributed by atoms with van der Waals surface area (Å²) in [5.74, 6) is 0.689. The molecule has 10 rings (SSSR count). The SMILES string of the molecule is c1ccc(-c2cccc(-c3nc(-c4cccc5oc6c7ccccc7c(-c7ccccc7)cc6c45)nc4c3sc3ccccc34)c2)cc1. The molecule has 0 amide bonds. The quantitative estimate of drug-likeness (QED) is 0.194. The maximum Gasteiger partial charge on any atom is 0.161 e. The first kappa shape index (κ1) is 27.1. The van der Waals surface area contributed by atoms with Crippen LogP contribution in [0.1, 0.15) is 0 Å². The number of hydrogen-bond donors (Lipinski definition) is 0. The molecule has 0 atom stereocenters. The maximum atomic E-state index is 6.69. The largest absolute Gasteiger partial charge is 0.455 e. The highest BCUT2D eigenvalue weighted by Crippen LogP contribution is 2.44. The molecule has 0 unspecified atom stereocenters. The predicted octanol–water partition coefficient (Wildman–Crippen LogP) is 12.6. The van der Waals surface area contributed by atoms with Gasteiger partial charge >= 0.3 is 0 Å². The molecule has 10 aromatic rings. The number of aromatic nitrogens is 2. The summed E-state index contributed by atoms with van der Waals surface area (Å²) in [6.45, 7) is 0. The van der Waals surface area contributed by atoms with Crippen LogP contribution < -0.4 is 0 Å². The average Bonchev–Trinajstić information content (AvgIpc) is 3.74. The summed E-state index contributed by atoms with van der Waals surface area (Å²) in [5.41, 5.74) is 10.3. The Labute approximate surface area is 280 Å². The smallest absolute Gasteiger partial charge is 0.161 e. The zero-order valence-corrected chi connectivity index (χ0v) is 26.5. The van der Waals surface area contributed by atoms with Gasteiger partial charge in [-0.3, -0.25) is 0 Å². The number of thiophene rings is 1. The Morgan fingerprint density at radius 3 is 1.96 bits per heavy atom. The molecule has 3 aromatic heterocycles. The van der Waals surface area contributed by atoms with Gasteiger partial charge in [-0.2, -0.15) is 0 Å². The van der Waals surface area contributed by atoms with Gasteiger partial charge in [0.05, 0.1) is 15.9 Å². The van der Waals surface area contributed by atoms with Crippen LogP contribution in [0.4, 0.5) is 0 Å². The van der Waals surface area contributed by atoms with Gasteiger partial charge in [0.2, 0.25) is 0 Å². The zero-order chi connectivity index (χ0) is 31.6. The minimum atomic E-state index is 0.689. The zero-order valence-electron chi connectivity index (χ0n) is 25.7. The van der Waals surface area contributed by atoms with Gasteiger partial charge in [0.1, 0.15) is 11.2 Å². The van der Waals surface area contributed by atoms with Crippen molar-refractivity contribution in [2.24, 2.45) is 0 Å². The molecule has 3 nitrogen and oxygen atoms in total. The van der Waals surface area contributed by atoms with Crippen LogP contribution in [0.5, 0.6) is 0 Å². The summed E-state index contributed by atoms with van der Waals surface area (Å²) < 4.78 is 8.98. The van der Waals surface area contributed by atoms with Crippen molar-refractivity contribution in [3.05, 3.63) is 158 Å². The highest BCUT2D eigenvalue weighted by atomic mass is 32.1. The van der Waals surface area contributed by atoms with Gasteiger partial charge in [-0.1, -0.05) is 133 Å². The molecule has 0 aliphatic heterocycles. The molecule has 48 heavy (non-hydrogen) atoms. The monoisotopic (exact) mass is 630 g/mol. The van der Waals surface area contributed by atoms with E-state index in [0.29, 0.717) is 5.82 Å². The Hall–Kier alpha value is -6.10. The van der Waals surface area contributed by atoms with Crippen molar-refractivity contribution < 1.29 is 4.42 Å². The van der Waals surface area contributed by atoms with Crippen LogP contribution in [0.3, 0.4) is 0 Å². The van der Waals surface area contributed by atoms with Gasteiger partial charge in [-0.25, -0.2) is 9.97 Å². The predicted molar refractivity (Wildman–Crippen MR) is 201 cm³/mol. The van der Waals surface area contributed by atoms with Crippen molar-refractivity contribution >= 4 is 64.4 Å². The number of nitrogens with zero attached hydrogens (tertiary/aromatic N) is 2. The molecule has 0 saturated heterocycles. The third-order valence-corrected chi connectivity index (χ3v) is 10.5. The first-order chi connectivity index (χ1) is 23.8. The van der Waals surface area contributed by atoms with Gasteiger partial charge in [0.15, 0.2) is 5.82 Å². The van der Waals surface area contributed by atoms with E-state index in [1.54, 1.807) is 11.3 Å². The second kappa shape index (κ2) is 10.7. The van der Waals surface area contributed by atoms with E-state index in [-0.39, 0.29) is 0 Å². The number of furan rings is 1. The topological polar surface area (TPSA) is 38.9 Å². The van der Waals surface area contributed by atoms with Crippen molar-refractivity contribution in [2.75, 3.05) is 0 Å². The molecule has 0 radical (unpaired) electrons. The van der Waals surface area contributed by atoms with Crippen LogP contribution >= 0.6 is 11.3 Å². The molecule has 0 fully saturated rings. The summed E-state index contributed by atoms with van der Waals surface area (Å²) in [4.78, 5) is 10.7. The fraction of sp³-hybridized carbons (Fsp3) is 0. The van der Waals surface area contributed by atoms with Crippen LogP contribution in [0.15, 0.2) is 162 Å². The maximum absolute atomic E-state index is 6.69. The van der Waals surface area contributed by atoms with Gasteiger partial charge in [-0.05, 0) is 51.9 Å². The molecule has 0 aliphatic rings. The molecule has 7 aromatic carbocycles. The van der Waals surface area contributed by atoms with E-state index in [1.165, 1.54) is 26.8 Å². The van der Waals surface area contributed by atoms with E-state index < -0.39 is 0 Å². The first-order valence-electron chi connectivity index (χ1n) is 16.1. The molecule has 0 N–H and O–H groups in total. The summed E-state index contributed by atoms with van der Waals surface area (Å²) in [7, 11) is 0. The molecule has 3 heterocycles. The molecule has 0 spiro atoms. The normalized spacial score (nSPS) is 11.8. The molecule has 4 heteroatoms. The van der Waals surface area contributed by atoms with Crippen molar-refractivity contribution in [1.82, 2.24) is 9.97 Å². The summed E-state index contributed by atoms with van der Waals surface area (Å²) in [6.07, 6.45) is 0. The molecule has 224 valence electrons. The Morgan fingerprint density at radius 2 is 1.12 bits per heavy atom. The van der Waals surface area contributed by atoms with Crippen LogP contribution in [0.2, 0.25) is 0 Å². The summed E-state index contributed by atoms with van der Waals surface area (Å²) in [5, 5.41) is 5.49. The minimum absolute atomic E-state index is 0.689. The standard InChI is InChI=1S/C44H26N2OS/c1-3-13-27(14-4-1)29-17-11-18-30(25-29)40-43-41(33-21-9-10-24-38(33)48-43)46-44(45-40)34-22-12-23-37-39(34)36-26-35(28-15-5-2-6-16-28)31-19-7-8-20-32(31)42(36)47-37/h1-26H. The van der Waals surface area contributed by atoms with Crippen LogP contribution in [0, 0.1) is 0 Å². The Kier molecular flexibility index (Phi) is 6.05. The van der Waals surface area contributed by atoms with Gasteiger partial charge in [-0.15, -0.1) is 11.3 Å². The Bertz CT molecular complexity index is 2830. The number of rotatable bonds is 4. The molecule has 0 bridgehead atoms. The summed E-state index contributed by atoms with van der Waals surface area (Å²) in [6, 6.07) is 55.4. The number of benzene rings is 7. The second-order valence-corrected chi connectivity index (χ2v) is 13.2. The van der Waals surface area contributed by atoms with E-state index in [0.717, 1.165) is 65.3 Å². The van der Waals surface area contributed by atoms with Crippen molar-refractivity contribution in [3.63, 3.8) is 0 Å². The first-order valence-corrected chi connectivity index (χ1v) is 16.9. The fourth-order valence-electron chi connectivity index (χ4n) is 7.07. The molecular formula is C44H26N2OS. The lowest BCUT2D eigenvalue weighted by atomic mass is 9.94. The van der Waals surface area contributed by atoms with Crippen molar-refractivity contribution in [1.29, 1.82) is 0 Å². The van der Waals surface area contributed by atoms with E-state index in [4.69, 9.17) is 14.4 Å². The lowest BCUT2D eigenvalue weighted by Crippen LogP contribution is -1.94. The van der Waals surface area contributed by atoms with Gasteiger partial charge in [0, 0.05) is 37.4 Å². The Balaban J connectivity index is 1.28. The van der Waals surface area contributed by atoms with E-state index in [1.807, 2.05) is 0 Å². The van der Waals surface area contributed by atoms with E-state index in [9.17, 15) is 0 Å². The Morgan fingerprint density at radius 1 is 0.458 bits per heavy atom. The summed E-state index contributed by atoms with van der Waals surface area (Å²) >= 11 is 1.75. The third-order valence-electron chi connectivity index (χ3n) is 9.29. The highest BCUT2D eigenvalue weighted by molar-refractivity contribution is 7.26. The lowest BCUT2D eigenvalue weighted by Gasteiger charge is -2.10. The van der Waals surface area contributed by atoms with Gasteiger partial charge in [0.25, 0.3) is 0 Å². The van der Waals surface area contributed by atoms with Crippen molar-refractivity contribution in [3.8, 4) is 44.9 Å². The highest BCUT2D eigenvalue weighted by Gasteiger charge is 2.22. The lowest BCUT2D eigenvalue weighted by molar-refractivity contribution is 0.673. The molecule has 0 aliphatic carbocycles.